The minimum Gasteiger partial charge on any atom is -0.489 e. The molecule has 2 fully saturated rings. The minimum absolute atomic E-state index is 0.0280. The van der Waals surface area contributed by atoms with Crippen molar-refractivity contribution in [3.63, 3.8) is 0 Å². The van der Waals surface area contributed by atoms with Crippen molar-refractivity contribution in [3.8, 4) is 5.75 Å². The second-order valence-corrected chi connectivity index (χ2v) is 19.8. The summed E-state index contributed by atoms with van der Waals surface area (Å²) in [4.78, 5) is 33.7. The molecule has 0 spiro atoms. The second kappa shape index (κ2) is 30.7. The fraction of sp³-hybridized carbons (Fsp3) is 0.618. The highest BCUT2D eigenvalue weighted by Gasteiger charge is 2.85. The molecule has 3 aliphatic rings. The van der Waals surface area contributed by atoms with Crippen molar-refractivity contribution < 1.29 is 91.1 Å². The monoisotopic (exact) mass is 1130 g/mol. The number of hydrogen-bond donors (Lipinski definition) is 2. The van der Waals surface area contributed by atoms with Gasteiger partial charge < -0.3 is 54.4 Å². The van der Waals surface area contributed by atoms with Gasteiger partial charge in [0.2, 0.25) is 0 Å². The first-order valence-corrected chi connectivity index (χ1v) is 25.9. The molecule has 4 N–H and O–H groups in total. The topological polar surface area (TPSA) is 162 Å². The third kappa shape index (κ3) is 17.6. The molecule has 0 radical (unpaired) electrons. The van der Waals surface area contributed by atoms with E-state index < -0.39 is 54.1 Å². The van der Waals surface area contributed by atoms with Crippen LogP contribution in [-0.4, -0.2) is 122 Å². The quantitative estimate of drug-likeness (QED) is 0.0245. The zero-order chi connectivity index (χ0) is 57.7. The van der Waals surface area contributed by atoms with Crippen molar-refractivity contribution in [1.82, 2.24) is 0 Å². The van der Waals surface area contributed by atoms with Crippen LogP contribution in [0.15, 0.2) is 60.7 Å². The smallest absolute Gasteiger partial charge is 0.435 e. The zero-order valence-electron chi connectivity index (χ0n) is 44.1. The third-order valence-electron chi connectivity index (χ3n) is 14.4. The van der Waals surface area contributed by atoms with Crippen LogP contribution in [0.2, 0.25) is 0 Å². The van der Waals surface area contributed by atoms with E-state index in [1.807, 2.05) is 37.3 Å². The van der Waals surface area contributed by atoms with E-state index in [1.54, 1.807) is 32.2 Å². The summed E-state index contributed by atoms with van der Waals surface area (Å²) >= 11 is 0. The largest absolute Gasteiger partial charge is 0.489 e. The number of aldehydes is 2. The Hall–Kier alpha value is -4.78. The van der Waals surface area contributed by atoms with Crippen molar-refractivity contribution in [1.29, 1.82) is 0 Å². The van der Waals surface area contributed by atoms with Crippen molar-refractivity contribution in [2.45, 2.75) is 121 Å². The number of alkyl halides is 9. The highest BCUT2D eigenvalue weighted by Crippen LogP contribution is 2.62. The van der Waals surface area contributed by atoms with Crippen LogP contribution in [-0.2, 0) is 46.3 Å². The van der Waals surface area contributed by atoms with Gasteiger partial charge in [-0.2, -0.15) is 39.5 Å². The minimum atomic E-state index is -6.83. The third-order valence-corrected chi connectivity index (χ3v) is 14.4. The van der Waals surface area contributed by atoms with E-state index in [0.717, 1.165) is 23.7 Å². The lowest BCUT2D eigenvalue weighted by molar-refractivity contribution is -0.467. The molecule has 438 valence electrons. The number of ketones is 1. The molecule has 12 nitrogen and oxygen atoms in total. The summed E-state index contributed by atoms with van der Waals surface area (Å²) in [6.45, 7) is 6.65. The molecule has 3 aromatic carbocycles. The highest BCUT2D eigenvalue weighted by atomic mass is 19.4. The van der Waals surface area contributed by atoms with Gasteiger partial charge in [0.05, 0.1) is 45.7 Å². The molecular weight excluding hydrogens is 1060 g/mol. The summed E-state index contributed by atoms with van der Waals surface area (Å²) in [5, 5.41) is 0. The van der Waals surface area contributed by atoms with E-state index in [1.165, 1.54) is 17.0 Å². The molecule has 0 aromatic heterocycles. The van der Waals surface area contributed by atoms with Gasteiger partial charge in [0.25, 0.3) is 0 Å². The normalized spacial score (nSPS) is 20.4. The highest BCUT2D eigenvalue weighted by molar-refractivity contribution is 5.97. The summed E-state index contributed by atoms with van der Waals surface area (Å²) < 4.78 is 180. The molecule has 3 aliphatic carbocycles. The number of unbranched alkanes of at least 4 members (excludes halogenated alkanes) is 2. The predicted octanol–water partition coefficient (Wildman–Crippen LogP) is 11.0. The lowest BCUT2D eigenvalue weighted by atomic mass is 9.55. The van der Waals surface area contributed by atoms with E-state index in [-0.39, 0.29) is 48.2 Å². The molecule has 78 heavy (non-hydrogen) atoms. The predicted molar refractivity (Wildman–Crippen MR) is 268 cm³/mol. The maximum atomic E-state index is 14.9. The van der Waals surface area contributed by atoms with E-state index in [9.17, 15) is 62.7 Å². The number of anilines is 1. The van der Waals surface area contributed by atoms with Crippen molar-refractivity contribution in [3.05, 3.63) is 94.6 Å². The summed E-state index contributed by atoms with van der Waals surface area (Å²) in [5.41, 5.74) is 6.27. The number of nitrogens with two attached hydrogens (primary N) is 2. The number of carbonyl (C=O) groups is 3. The maximum Gasteiger partial charge on any atom is 0.435 e. The van der Waals surface area contributed by atoms with Gasteiger partial charge in [0.1, 0.15) is 49.0 Å². The number of nitrogens with zero attached hydrogens (tertiary/aromatic N) is 1. The van der Waals surface area contributed by atoms with Crippen LogP contribution in [0, 0.1) is 34.8 Å². The lowest BCUT2D eigenvalue weighted by Crippen LogP contribution is -2.68. The maximum absolute atomic E-state index is 14.9. The summed E-state index contributed by atoms with van der Waals surface area (Å²) in [6.07, 6.45) is -14.7. The molecule has 23 heteroatoms. The van der Waals surface area contributed by atoms with Crippen molar-refractivity contribution >= 4 is 24.0 Å². The Morgan fingerprint density at radius 2 is 1.37 bits per heavy atom. The molecule has 6 rings (SSSR count). The van der Waals surface area contributed by atoms with Gasteiger partial charge in [-0.05, 0) is 115 Å². The van der Waals surface area contributed by atoms with Crippen LogP contribution in [0.5, 0.6) is 5.75 Å². The fourth-order valence-electron chi connectivity index (χ4n) is 10.5. The van der Waals surface area contributed by atoms with Crippen LogP contribution < -0.4 is 21.1 Å². The van der Waals surface area contributed by atoms with E-state index in [2.05, 4.69) is 4.74 Å². The molecule has 0 aliphatic heterocycles. The molecule has 6 unspecified atom stereocenters. The molecule has 3 aromatic rings. The van der Waals surface area contributed by atoms with E-state index in [4.69, 9.17) is 35.2 Å². The second-order valence-electron chi connectivity index (χ2n) is 19.8. The number of ether oxygens (including phenoxy) is 6. The van der Waals surface area contributed by atoms with E-state index >= 15 is 0 Å². The number of benzene rings is 3. The number of fused-ring (bicyclic) bond motifs is 5. The molecule has 2 saturated carbocycles. The molecule has 6 atom stereocenters. The Balaban J connectivity index is 0.000000411. The van der Waals surface area contributed by atoms with Gasteiger partial charge in [-0.15, -0.1) is 0 Å². The number of halogens is 11. The SMILES string of the molecule is CC(C=O)CC(=O)c1ccccc1.CN(CCCCC=O)c1c(F)cc(COc2ccc3c(c2)CCC2C3CCC3(C)C(OCOC(C(F)(F)F)(C(F)(F)F)C(F)(F)F)CCC23)cc1F.NCCOCCOCCOCCN. The van der Waals surface area contributed by atoms with Gasteiger partial charge in [-0.25, -0.2) is 8.78 Å². The van der Waals surface area contributed by atoms with E-state index in [0.29, 0.717) is 134 Å². The summed E-state index contributed by atoms with van der Waals surface area (Å²) in [7, 11) is 1.57. The number of hydrogen-bond acceptors (Lipinski definition) is 12. The Morgan fingerprint density at radius 1 is 0.782 bits per heavy atom. The molecule has 0 saturated heterocycles. The molecule has 0 heterocycles. The van der Waals surface area contributed by atoms with Crippen LogP contribution in [0.3, 0.4) is 0 Å². The lowest BCUT2D eigenvalue weighted by Gasteiger charge is -2.50. The average molecular weight is 1130 g/mol. The Labute approximate surface area is 447 Å². The first kappa shape index (κ1) is 65.7. The van der Waals surface area contributed by atoms with Gasteiger partial charge in [0, 0.05) is 51.0 Å². The molecule has 0 amide bonds. The number of rotatable bonds is 27. The Kier molecular flexibility index (Phi) is 25.9. The van der Waals surface area contributed by atoms with Gasteiger partial charge in [0.15, 0.2) is 5.78 Å². The zero-order valence-corrected chi connectivity index (χ0v) is 44.1. The summed E-state index contributed by atoms with van der Waals surface area (Å²) in [5.74, 6) is -0.987. The Bertz CT molecular complexity index is 2240. The molecule has 0 bridgehead atoms. The molecular formula is C55H72F11N3O9. The van der Waals surface area contributed by atoms with Crippen LogP contribution >= 0.6 is 0 Å². The average Bonchev–Trinajstić information content (AvgIpc) is 3.89. The van der Waals surface area contributed by atoms with Gasteiger partial charge >= 0.3 is 24.1 Å². The number of carbonyl (C=O) groups excluding carboxylic acids is 3. The van der Waals surface area contributed by atoms with Crippen LogP contribution in [0.1, 0.15) is 105 Å². The van der Waals surface area contributed by atoms with Crippen LogP contribution in [0.25, 0.3) is 0 Å². The number of Topliss-reactive ketones (excluding diaryl/α,β-unsaturated/α-hetero) is 1. The standard InChI is InChI=1S/C36H40F11NO4.C11H12O2.C8H20N2O3/c1-32-13-12-25-24-9-7-23(50-19-21-16-28(37)31(29(38)17-21)48(2)14-4-3-5-15-49)18-22(24)6-8-26(25)27(32)10-11-30(32)51-20-52-33(34(39,40)41,35(42,43)44)36(45,46)47;1-9(8-12)7-11(13)10-5-3-2-4-6-10;9-1-3-11-5-7-13-8-6-12-4-2-10/h7,9,15-18,25-27,30H,3-6,8,10-14,19-20H2,1-2H3;2-6,8-9H,7H2,1H3;1-10H2. The van der Waals surface area contributed by atoms with Gasteiger partial charge in [-0.1, -0.05) is 50.2 Å². The first-order chi connectivity index (χ1) is 36.9. The summed E-state index contributed by atoms with van der Waals surface area (Å²) in [6, 6.07) is 17.0. The Morgan fingerprint density at radius 3 is 1.92 bits per heavy atom. The van der Waals surface area contributed by atoms with Crippen molar-refractivity contribution in [2.24, 2.45) is 34.6 Å². The van der Waals surface area contributed by atoms with Crippen LogP contribution in [0.4, 0.5) is 54.0 Å². The first-order valence-electron chi connectivity index (χ1n) is 25.9. The fourth-order valence-corrected chi connectivity index (χ4v) is 10.5. The van der Waals surface area contributed by atoms with Crippen molar-refractivity contribution in [2.75, 3.05) is 78.0 Å². The number of aryl methyl sites for hydroxylation is 1. The van der Waals surface area contributed by atoms with Gasteiger partial charge in [-0.3, -0.25) is 4.79 Å².